The van der Waals surface area contributed by atoms with Crippen LogP contribution in [0.25, 0.3) is 0 Å². The lowest BCUT2D eigenvalue weighted by Crippen LogP contribution is -2.36. The third-order valence-corrected chi connectivity index (χ3v) is 4.76. The number of nitrogens with two attached hydrogens (primary N) is 1. The molecule has 1 aromatic carbocycles. The Kier molecular flexibility index (Phi) is 4.83. The predicted molar refractivity (Wildman–Crippen MR) is 69.5 cm³/mol. The second-order valence-electron chi connectivity index (χ2n) is 3.91. The minimum absolute atomic E-state index is 0.175. The molecular weight excluding hydrogens is 279 g/mol. The first kappa shape index (κ1) is 15.1. The van der Waals surface area contributed by atoms with Crippen LogP contribution in [0.5, 0.6) is 0 Å². The Morgan fingerprint density at radius 3 is 2.67 bits per heavy atom. The van der Waals surface area contributed by atoms with Gasteiger partial charge in [0, 0.05) is 28.9 Å². The molecule has 0 aromatic heterocycles. The van der Waals surface area contributed by atoms with Gasteiger partial charge in [0.15, 0.2) is 0 Å². The van der Waals surface area contributed by atoms with Crippen molar-refractivity contribution in [3.63, 3.8) is 0 Å². The van der Waals surface area contributed by atoms with E-state index < -0.39 is 38.4 Å². The van der Waals surface area contributed by atoms with Gasteiger partial charge in [-0.2, -0.15) is 0 Å². The summed E-state index contributed by atoms with van der Waals surface area (Å²) in [5, 5.41) is 0. The largest absolute Gasteiger partial charge is 0.395 e. The molecule has 0 saturated heterocycles. The van der Waals surface area contributed by atoms with Gasteiger partial charge >= 0.3 is 0 Å². The summed E-state index contributed by atoms with van der Waals surface area (Å²) in [5.41, 5.74) is 4.97. The van der Waals surface area contributed by atoms with Crippen molar-refractivity contribution in [1.29, 1.82) is 0 Å². The average molecular weight is 294 g/mol. The highest BCUT2D eigenvalue weighted by atomic mass is 32.2. The number of para-hydroxylation sites is 1. The van der Waals surface area contributed by atoms with E-state index in [0.29, 0.717) is 0 Å². The lowest BCUT2D eigenvalue weighted by Gasteiger charge is -2.14. The molecule has 1 rings (SSSR count). The molecule has 3 N–H and O–H groups in total. The molecule has 2 atom stereocenters. The number of sulfonamides is 1. The highest BCUT2D eigenvalue weighted by Gasteiger charge is 2.21. The van der Waals surface area contributed by atoms with Crippen LogP contribution >= 0.6 is 0 Å². The number of nitrogens with one attached hydrogen (secondary N) is 1. The summed E-state index contributed by atoms with van der Waals surface area (Å²) < 4.78 is 50.4. The van der Waals surface area contributed by atoms with Crippen molar-refractivity contribution in [2.24, 2.45) is 0 Å². The molecule has 0 heterocycles. The molecule has 0 saturated carbocycles. The van der Waals surface area contributed by atoms with Gasteiger partial charge in [-0.15, -0.1) is 0 Å². The number of halogens is 1. The van der Waals surface area contributed by atoms with E-state index in [2.05, 4.69) is 4.72 Å². The van der Waals surface area contributed by atoms with Gasteiger partial charge in [0.2, 0.25) is 10.0 Å². The Morgan fingerprint density at radius 2 is 2.11 bits per heavy atom. The van der Waals surface area contributed by atoms with Crippen molar-refractivity contribution in [1.82, 2.24) is 4.72 Å². The molecule has 8 heteroatoms. The fourth-order valence-electron chi connectivity index (χ4n) is 1.47. The fraction of sp³-hybridized carbons (Fsp3) is 0.400. The van der Waals surface area contributed by atoms with Crippen LogP contribution in [-0.4, -0.2) is 30.7 Å². The van der Waals surface area contributed by atoms with Gasteiger partial charge in [0.1, 0.15) is 10.7 Å². The maximum atomic E-state index is 13.2. The third-order valence-electron chi connectivity index (χ3n) is 2.14. The molecule has 102 valence electrons. The zero-order valence-corrected chi connectivity index (χ0v) is 11.6. The maximum absolute atomic E-state index is 13.2. The van der Waals surface area contributed by atoms with E-state index in [1.54, 1.807) is 6.92 Å². The molecule has 0 aliphatic heterocycles. The van der Waals surface area contributed by atoms with Gasteiger partial charge < -0.3 is 5.73 Å². The summed E-state index contributed by atoms with van der Waals surface area (Å²) in [6.07, 6.45) is 1.47. The molecule has 18 heavy (non-hydrogen) atoms. The van der Waals surface area contributed by atoms with Crippen molar-refractivity contribution in [2.75, 3.05) is 17.7 Å². The fourth-order valence-corrected chi connectivity index (χ4v) is 3.74. The second kappa shape index (κ2) is 5.77. The Balaban J connectivity index is 3.00. The molecule has 0 fully saturated rings. The molecule has 0 radical (unpaired) electrons. The minimum atomic E-state index is -3.91. The van der Waals surface area contributed by atoms with Crippen LogP contribution < -0.4 is 10.5 Å². The lowest BCUT2D eigenvalue weighted by molar-refractivity contribution is 0.568. The van der Waals surface area contributed by atoms with Crippen LogP contribution in [0.4, 0.5) is 10.1 Å². The van der Waals surface area contributed by atoms with E-state index in [9.17, 15) is 17.0 Å². The Hall–Kier alpha value is -0.990. The summed E-state index contributed by atoms with van der Waals surface area (Å²) in [6.45, 7) is 1.58. The summed E-state index contributed by atoms with van der Waals surface area (Å²) >= 11 is 0. The van der Waals surface area contributed by atoms with E-state index >= 15 is 0 Å². The molecule has 0 aliphatic carbocycles. The Bertz CT molecular complexity index is 560. The van der Waals surface area contributed by atoms with Gasteiger partial charge in [-0.05, 0) is 19.1 Å². The van der Waals surface area contributed by atoms with E-state index in [0.717, 1.165) is 6.07 Å². The zero-order chi connectivity index (χ0) is 13.9. The number of benzene rings is 1. The second-order valence-corrected chi connectivity index (χ2v) is 7.08. The van der Waals surface area contributed by atoms with E-state index in [4.69, 9.17) is 5.73 Å². The number of nitrogen functional groups attached to an aromatic ring is 1. The van der Waals surface area contributed by atoms with E-state index in [-0.39, 0.29) is 10.6 Å². The monoisotopic (exact) mass is 294 g/mol. The molecule has 0 aliphatic rings. The van der Waals surface area contributed by atoms with Crippen molar-refractivity contribution in [3.8, 4) is 0 Å². The van der Waals surface area contributed by atoms with Gasteiger partial charge in [0.05, 0.1) is 5.69 Å². The van der Waals surface area contributed by atoms with Crippen molar-refractivity contribution in [2.45, 2.75) is 17.9 Å². The number of hydrogen-bond donors (Lipinski definition) is 2. The quantitative estimate of drug-likeness (QED) is 0.772. The summed E-state index contributed by atoms with van der Waals surface area (Å²) in [7, 11) is -5.04. The van der Waals surface area contributed by atoms with Gasteiger partial charge in [-0.3, -0.25) is 4.21 Å². The molecule has 0 amide bonds. The molecule has 2 unspecified atom stereocenters. The Morgan fingerprint density at radius 1 is 1.50 bits per heavy atom. The molecule has 1 aromatic rings. The minimum Gasteiger partial charge on any atom is -0.395 e. The van der Waals surface area contributed by atoms with Crippen molar-refractivity contribution >= 4 is 26.5 Å². The summed E-state index contributed by atoms with van der Waals surface area (Å²) in [4.78, 5) is -0.309. The smallest absolute Gasteiger partial charge is 0.242 e. The predicted octanol–water partition coefficient (Wildman–Crippen LogP) is 0.453. The standard InChI is InChI=1S/C10H15FN2O3S2/c1-7(6-17(2)14)13-18(15,16)9-5-3-4-8(11)10(9)12/h3-5,7,13H,6,12H2,1-2H3. The first-order chi connectivity index (χ1) is 8.24. The third kappa shape index (κ3) is 3.76. The van der Waals surface area contributed by atoms with Crippen LogP contribution in [0.3, 0.4) is 0 Å². The number of anilines is 1. The summed E-state index contributed by atoms with van der Waals surface area (Å²) in [5.74, 6) is -0.612. The maximum Gasteiger partial charge on any atom is 0.242 e. The van der Waals surface area contributed by atoms with Crippen molar-refractivity contribution < 1.29 is 17.0 Å². The van der Waals surface area contributed by atoms with Gasteiger partial charge in [0.25, 0.3) is 0 Å². The number of hydrogen-bond acceptors (Lipinski definition) is 4. The number of rotatable bonds is 5. The van der Waals surface area contributed by atoms with Crippen LogP contribution in [-0.2, 0) is 20.8 Å². The highest BCUT2D eigenvalue weighted by molar-refractivity contribution is 7.89. The van der Waals surface area contributed by atoms with Crippen LogP contribution in [0.1, 0.15) is 6.92 Å². The SMILES string of the molecule is CC(CS(C)=O)NS(=O)(=O)c1cccc(F)c1N. The van der Waals surface area contributed by atoms with E-state index in [1.807, 2.05) is 0 Å². The zero-order valence-electron chi connectivity index (χ0n) is 10.0. The normalized spacial score (nSPS) is 15.3. The van der Waals surface area contributed by atoms with Crippen LogP contribution in [0.2, 0.25) is 0 Å². The Labute approximate surface area is 108 Å². The first-order valence-electron chi connectivity index (χ1n) is 5.10. The van der Waals surface area contributed by atoms with Gasteiger partial charge in [-0.25, -0.2) is 17.5 Å². The topological polar surface area (TPSA) is 89.3 Å². The molecule has 0 spiro atoms. The van der Waals surface area contributed by atoms with Crippen LogP contribution in [0.15, 0.2) is 23.1 Å². The molecular formula is C10H15FN2O3S2. The highest BCUT2D eigenvalue weighted by Crippen LogP contribution is 2.20. The summed E-state index contributed by atoms with van der Waals surface area (Å²) in [6, 6.07) is 3.04. The van der Waals surface area contributed by atoms with Crippen molar-refractivity contribution in [3.05, 3.63) is 24.0 Å². The first-order valence-corrected chi connectivity index (χ1v) is 8.31. The molecule has 5 nitrogen and oxygen atoms in total. The molecule has 0 bridgehead atoms. The van der Waals surface area contributed by atoms with Crippen LogP contribution in [0, 0.1) is 5.82 Å². The van der Waals surface area contributed by atoms with Gasteiger partial charge in [-0.1, -0.05) is 6.07 Å². The average Bonchev–Trinajstić information content (AvgIpc) is 2.19. The lowest BCUT2D eigenvalue weighted by atomic mass is 10.3. The van der Waals surface area contributed by atoms with E-state index in [1.165, 1.54) is 18.4 Å².